The highest BCUT2D eigenvalue weighted by molar-refractivity contribution is 5.90. The Morgan fingerprint density at radius 2 is 1.70 bits per heavy atom. The normalized spacial score (nSPS) is 12.8. The Kier molecular flexibility index (Phi) is 8.94. The van der Waals surface area contributed by atoms with E-state index in [-0.39, 0.29) is 11.9 Å². The molecule has 0 spiro atoms. The van der Waals surface area contributed by atoms with Crippen molar-refractivity contribution < 1.29 is 23.8 Å². The molecule has 0 unspecified atom stereocenters. The molecular formula is C24H29NO5. The average molecular weight is 411 g/mol. The van der Waals surface area contributed by atoms with Crippen molar-refractivity contribution >= 4 is 18.0 Å². The van der Waals surface area contributed by atoms with Crippen LogP contribution in [-0.4, -0.2) is 38.2 Å². The van der Waals surface area contributed by atoms with Crippen LogP contribution in [0, 0.1) is 0 Å². The van der Waals surface area contributed by atoms with Crippen LogP contribution in [0.15, 0.2) is 54.6 Å². The molecule has 2 aromatic rings. The van der Waals surface area contributed by atoms with Crippen LogP contribution in [0.5, 0.6) is 11.5 Å². The van der Waals surface area contributed by atoms with E-state index in [2.05, 4.69) is 17.4 Å². The van der Waals surface area contributed by atoms with Gasteiger partial charge in [-0.15, -0.1) is 0 Å². The number of nitrogens with one attached hydrogen (secondary N) is 1. The van der Waals surface area contributed by atoms with Crippen molar-refractivity contribution in [1.29, 1.82) is 0 Å². The van der Waals surface area contributed by atoms with Gasteiger partial charge in [0.1, 0.15) is 0 Å². The fraction of sp³-hybridized carbons (Fsp3) is 0.333. The molecule has 1 N–H and O–H groups in total. The van der Waals surface area contributed by atoms with E-state index < -0.39 is 12.1 Å². The highest BCUT2D eigenvalue weighted by Crippen LogP contribution is 2.27. The molecule has 1 amide bonds. The molecule has 0 saturated carbocycles. The third kappa shape index (κ3) is 7.28. The first-order valence-electron chi connectivity index (χ1n) is 9.88. The fourth-order valence-electron chi connectivity index (χ4n) is 2.85. The third-order valence-electron chi connectivity index (χ3n) is 4.58. The van der Waals surface area contributed by atoms with Crippen molar-refractivity contribution in [3.63, 3.8) is 0 Å². The Morgan fingerprint density at radius 1 is 1.00 bits per heavy atom. The van der Waals surface area contributed by atoms with Crippen LogP contribution in [0.3, 0.4) is 0 Å². The van der Waals surface area contributed by atoms with Crippen LogP contribution >= 0.6 is 0 Å². The van der Waals surface area contributed by atoms with E-state index in [1.54, 1.807) is 45.4 Å². The molecule has 0 bridgehead atoms. The second-order valence-electron chi connectivity index (χ2n) is 6.96. The fourth-order valence-corrected chi connectivity index (χ4v) is 2.85. The minimum atomic E-state index is -0.883. The van der Waals surface area contributed by atoms with Crippen molar-refractivity contribution in [1.82, 2.24) is 5.32 Å². The van der Waals surface area contributed by atoms with Gasteiger partial charge in [-0.1, -0.05) is 36.4 Å². The lowest BCUT2D eigenvalue weighted by atomic mass is 10.1. The summed E-state index contributed by atoms with van der Waals surface area (Å²) in [7, 11) is 3.10. The number of esters is 1. The first kappa shape index (κ1) is 23.0. The van der Waals surface area contributed by atoms with E-state index in [1.165, 1.54) is 11.6 Å². The molecule has 160 valence electrons. The summed E-state index contributed by atoms with van der Waals surface area (Å²) in [5, 5.41) is 2.89. The molecule has 0 radical (unpaired) electrons. The maximum Gasteiger partial charge on any atom is 0.331 e. The van der Waals surface area contributed by atoms with Gasteiger partial charge in [0.05, 0.1) is 14.2 Å². The van der Waals surface area contributed by atoms with Crippen molar-refractivity contribution in [2.75, 3.05) is 14.2 Å². The van der Waals surface area contributed by atoms with E-state index in [0.717, 1.165) is 18.4 Å². The zero-order valence-corrected chi connectivity index (χ0v) is 17.9. The molecule has 0 aliphatic heterocycles. The number of hydrogen-bond donors (Lipinski definition) is 1. The highest BCUT2D eigenvalue weighted by atomic mass is 16.5. The van der Waals surface area contributed by atoms with Crippen LogP contribution in [0.4, 0.5) is 0 Å². The molecular weight excluding hydrogens is 382 g/mol. The van der Waals surface area contributed by atoms with Gasteiger partial charge >= 0.3 is 5.97 Å². The van der Waals surface area contributed by atoms with Gasteiger partial charge < -0.3 is 19.5 Å². The number of rotatable bonds is 10. The van der Waals surface area contributed by atoms with Crippen molar-refractivity contribution in [3.8, 4) is 11.5 Å². The number of amides is 1. The van der Waals surface area contributed by atoms with Crippen LogP contribution in [0.2, 0.25) is 0 Å². The largest absolute Gasteiger partial charge is 0.493 e. The lowest BCUT2D eigenvalue weighted by molar-refractivity contribution is -0.150. The van der Waals surface area contributed by atoms with E-state index in [1.807, 2.05) is 25.1 Å². The molecule has 0 aromatic heterocycles. The standard InChI is InChI=1S/C24H29NO5/c1-17(10-11-19-8-6-5-7-9-19)25-24(27)18(2)30-23(26)15-13-20-12-14-21(28-3)22(16-20)29-4/h5-9,12-18H,10-11H2,1-4H3,(H,25,27)/b15-13+/t17-,18+/m0/s1. The second-order valence-corrected chi connectivity index (χ2v) is 6.96. The van der Waals surface area contributed by atoms with Crippen molar-refractivity contribution in [3.05, 3.63) is 65.7 Å². The SMILES string of the molecule is COc1ccc(/C=C/C(=O)O[C@H](C)C(=O)N[C@@H](C)CCc2ccccc2)cc1OC. The van der Waals surface area contributed by atoms with Gasteiger partial charge in [0.25, 0.3) is 5.91 Å². The summed E-state index contributed by atoms with van der Waals surface area (Å²) >= 11 is 0. The van der Waals surface area contributed by atoms with E-state index in [9.17, 15) is 9.59 Å². The van der Waals surface area contributed by atoms with Gasteiger partial charge in [-0.05, 0) is 56.0 Å². The molecule has 2 aromatic carbocycles. The summed E-state index contributed by atoms with van der Waals surface area (Å²) < 4.78 is 15.6. The number of aryl methyl sites for hydroxylation is 1. The number of carbonyl (C=O) groups is 2. The Balaban J connectivity index is 1.81. The number of methoxy groups -OCH3 is 2. The zero-order chi connectivity index (χ0) is 21.9. The van der Waals surface area contributed by atoms with Gasteiger partial charge in [-0.2, -0.15) is 0 Å². The van der Waals surface area contributed by atoms with Gasteiger partial charge in [-0.25, -0.2) is 4.79 Å². The Labute approximate surface area is 177 Å². The maximum atomic E-state index is 12.3. The monoisotopic (exact) mass is 411 g/mol. The van der Waals surface area contributed by atoms with Crippen molar-refractivity contribution in [2.24, 2.45) is 0 Å². The summed E-state index contributed by atoms with van der Waals surface area (Å²) in [5.41, 5.74) is 1.97. The molecule has 2 atom stereocenters. The van der Waals surface area contributed by atoms with Gasteiger partial charge in [0.15, 0.2) is 17.6 Å². The van der Waals surface area contributed by atoms with Crippen LogP contribution < -0.4 is 14.8 Å². The summed E-state index contributed by atoms with van der Waals surface area (Å²) in [5.74, 6) is 0.252. The smallest absolute Gasteiger partial charge is 0.331 e. The predicted molar refractivity (Wildman–Crippen MR) is 117 cm³/mol. The quantitative estimate of drug-likeness (QED) is 0.476. The topological polar surface area (TPSA) is 73.9 Å². The minimum Gasteiger partial charge on any atom is -0.493 e. The minimum absolute atomic E-state index is 0.0267. The number of benzene rings is 2. The first-order valence-corrected chi connectivity index (χ1v) is 9.88. The van der Waals surface area contributed by atoms with Crippen LogP contribution in [-0.2, 0) is 20.7 Å². The van der Waals surface area contributed by atoms with E-state index in [4.69, 9.17) is 14.2 Å². The number of hydrogen-bond acceptors (Lipinski definition) is 5. The number of carbonyl (C=O) groups excluding carboxylic acids is 2. The molecule has 0 heterocycles. The van der Waals surface area contributed by atoms with E-state index >= 15 is 0 Å². The summed E-state index contributed by atoms with van der Waals surface area (Å²) in [6.45, 7) is 3.49. The molecule has 0 saturated heterocycles. The lowest BCUT2D eigenvalue weighted by Crippen LogP contribution is -2.40. The predicted octanol–water partition coefficient (Wildman–Crippen LogP) is 3.79. The first-order chi connectivity index (χ1) is 14.4. The summed E-state index contributed by atoms with van der Waals surface area (Å²) in [6, 6.07) is 15.3. The maximum absolute atomic E-state index is 12.3. The van der Waals surface area contributed by atoms with Gasteiger partial charge in [0.2, 0.25) is 0 Å². The molecule has 30 heavy (non-hydrogen) atoms. The second kappa shape index (κ2) is 11.7. The number of ether oxygens (including phenoxy) is 3. The Bertz CT molecular complexity index is 863. The molecule has 6 heteroatoms. The van der Waals surface area contributed by atoms with Gasteiger partial charge in [0, 0.05) is 12.1 Å². The summed E-state index contributed by atoms with van der Waals surface area (Å²) in [4.78, 5) is 24.3. The molecule has 2 rings (SSSR count). The third-order valence-corrected chi connectivity index (χ3v) is 4.58. The Morgan fingerprint density at radius 3 is 2.37 bits per heavy atom. The molecule has 0 aliphatic rings. The van der Waals surface area contributed by atoms with Gasteiger partial charge in [-0.3, -0.25) is 4.79 Å². The molecule has 0 aliphatic carbocycles. The Hall–Kier alpha value is -3.28. The highest BCUT2D eigenvalue weighted by Gasteiger charge is 2.18. The van der Waals surface area contributed by atoms with Crippen molar-refractivity contribution in [2.45, 2.75) is 38.8 Å². The van der Waals surface area contributed by atoms with Crippen LogP contribution in [0.25, 0.3) is 6.08 Å². The lowest BCUT2D eigenvalue weighted by Gasteiger charge is -2.17. The van der Waals surface area contributed by atoms with E-state index in [0.29, 0.717) is 11.5 Å². The summed E-state index contributed by atoms with van der Waals surface area (Å²) in [6.07, 6.45) is 3.66. The molecule has 6 nitrogen and oxygen atoms in total. The average Bonchev–Trinajstić information content (AvgIpc) is 2.76. The molecule has 0 fully saturated rings. The van der Waals surface area contributed by atoms with Crippen LogP contribution in [0.1, 0.15) is 31.4 Å². The zero-order valence-electron chi connectivity index (χ0n) is 17.9.